The van der Waals surface area contributed by atoms with Gasteiger partial charge in [0.15, 0.2) is 17.1 Å². The number of carbonyl (C=O) groups is 2. The molecule has 0 saturated carbocycles. The van der Waals surface area contributed by atoms with Crippen molar-refractivity contribution in [3.63, 3.8) is 0 Å². The van der Waals surface area contributed by atoms with Gasteiger partial charge in [0, 0.05) is 31.9 Å². The third-order valence-electron chi connectivity index (χ3n) is 6.01. The van der Waals surface area contributed by atoms with E-state index < -0.39 is 17.0 Å². The number of benzene rings is 4. The average molecular weight is 604 g/mol. The first-order valence-corrected chi connectivity index (χ1v) is 13.2. The van der Waals surface area contributed by atoms with Crippen LogP contribution in [0.15, 0.2) is 122 Å². The summed E-state index contributed by atoms with van der Waals surface area (Å²) in [5, 5.41) is 2.28. The van der Waals surface area contributed by atoms with E-state index in [1.165, 1.54) is 18.2 Å². The zero-order valence-electron chi connectivity index (χ0n) is 20.9. The molecule has 0 N–H and O–H groups in total. The van der Waals surface area contributed by atoms with Crippen LogP contribution in [0.1, 0.15) is 31.8 Å². The number of carbonyl (C=O) groups excluding carboxylic acids is 2. The number of halogens is 3. The van der Waals surface area contributed by atoms with Crippen molar-refractivity contribution in [2.45, 2.75) is 0 Å². The van der Waals surface area contributed by atoms with Crippen LogP contribution >= 0.6 is 34.8 Å². The molecule has 0 aliphatic carbocycles. The molecule has 6 rings (SSSR count). The summed E-state index contributed by atoms with van der Waals surface area (Å²) in [5.41, 5.74) is 0.0744. The lowest BCUT2D eigenvalue weighted by atomic mass is 10.0. The smallest absolute Gasteiger partial charge is 0.347 e. The molecule has 6 aromatic rings. The minimum atomic E-state index is -0.722. The van der Waals surface area contributed by atoms with E-state index in [1.807, 2.05) is 0 Å². The van der Waals surface area contributed by atoms with Crippen molar-refractivity contribution in [1.29, 1.82) is 0 Å². The highest BCUT2D eigenvalue weighted by molar-refractivity contribution is 6.38. The van der Waals surface area contributed by atoms with Crippen LogP contribution in [0.2, 0.25) is 15.1 Å². The van der Waals surface area contributed by atoms with Gasteiger partial charge < -0.3 is 8.83 Å². The van der Waals surface area contributed by atoms with Crippen molar-refractivity contribution in [1.82, 2.24) is 0 Å². The van der Waals surface area contributed by atoms with Crippen LogP contribution < -0.4 is 11.3 Å². The lowest BCUT2D eigenvalue weighted by Crippen LogP contribution is -2.14. The number of hydrogen-bond acceptors (Lipinski definition) is 6. The Morgan fingerprint density at radius 3 is 1.63 bits per heavy atom. The average Bonchev–Trinajstić information content (AvgIpc) is 2.97. The molecule has 202 valence electrons. The van der Waals surface area contributed by atoms with Gasteiger partial charge in [-0.2, -0.15) is 0 Å². The first-order chi connectivity index (χ1) is 19.7. The second kappa shape index (κ2) is 11.9. The van der Waals surface area contributed by atoms with Crippen molar-refractivity contribution in [3.8, 4) is 0 Å². The van der Waals surface area contributed by atoms with Crippen LogP contribution in [0.3, 0.4) is 0 Å². The third kappa shape index (κ3) is 6.15. The highest BCUT2D eigenvalue weighted by atomic mass is 35.5. The van der Waals surface area contributed by atoms with Crippen molar-refractivity contribution < 1.29 is 18.4 Å². The number of fused-ring (bicyclic) bond motifs is 2. The molecule has 0 fully saturated rings. The van der Waals surface area contributed by atoms with Crippen molar-refractivity contribution >= 4 is 68.3 Å². The van der Waals surface area contributed by atoms with Crippen LogP contribution in [0.25, 0.3) is 21.9 Å². The topological polar surface area (TPSA) is 94.6 Å². The maximum atomic E-state index is 12.4. The Morgan fingerprint density at radius 2 is 1.05 bits per heavy atom. The van der Waals surface area contributed by atoms with E-state index in [0.717, 1.165) is 0 Å². The largest absolute Gasteiger partial charge is 0.422 e. The van der Waals surface area contributed by atoms with E-state index >= 15 is 0 Å². The van der Waals surface area contributed by atoms with E-state index in [-0.39, 0.29) is 27.5 Å². The highest BCUT2D eigenvalue weighted by Crippen LogP contribution is 2.28. The first kappa shape index (κ1) is 28.1. The molecule has 9 heteroatoms. The second-order valence-electron chi connectivity index (χ2n) is 8.77. The molecule has 0 radical (unpaired) electrons. The zero-order valence-corrected chi connectivity index (χ0v) is 23.2. The number of hydrogen-bond donors (Lipinski definition) is 0. The predicted molar refractivity (Wildman–Crippen MR) is 160 cm³/mol. The standard InChI is InChI=1S/C16H8Cl2O3.C16H9ClO3/c17-11-6-10-7-12(14(19)9-4-2-1-3-5-9)16(20)21-15(10)13(18)8-11;17-12-6-7-14-11(8-12)9-13(16(19)20-14)15(18)10-4-2-1-3-5-10/h1-8H;1-9H. The van der Waals surface area contributed by atoms with Gasteiger partial charge in [-0.05, 0) is 42.5 Å². The summed E-state index contributed by atoms with van der Waals surface area (Å²) in [6.07, 6.45) is 0. The quantitative estimate of drug-likeness (QED) is 0.150. The molecule has 0 aliphatic heterocycles. The predicted octanol–water partition coefficient (Wildman–Crippen LogP) is 8.01. The van der Waals surface area contributed by atoms with E-state index in [2.05, 4.69) is 0 Å². The minimum absolute atomic E-state index is 0.00552. The van der Waals surface area contributed by atoms with Crippen LogP contribution in [-0.2, 0) is 0 Å². The summed E-state index contributed by atoms with van der Waals surface area (Å²) in [6.45, 7) is 0. The van der Waals surface area contributed by atoms with E-state index in [0.29, 0.717) is 37.5 Å². The van der Waals surface area contributed by atoms with Gasteiger partial charge in [-0.3, -0.25) is 9.59 Å². The molecule has 2 heterocycles. The Labute approximate surface area is 247 Å². The van der Waals surface area contributed by atoms with Gasteiger partial charge in [-0.15, -0.1) is 0 Å². The lowest BCUT2D eigenvalue weighted by molar-refractivity contribution is 0.102. The molecular formula is C32H17Cl3O6. The van der Waals surface area contributed by atoms with Gasteiger partial charge in [-0.1, -0.05) is 95.5 Å². The fourth-order valence-corrected chi connectivity index (χ4v) is 4.79. The van der Waals surface area contributed by atoms with Crippen molar-refractivity contribution in [3.05, 3.63) is 161 Å². The zero-order chi connectivity index (χ0) is 29.1. The van der Waals surface area contributed by atoms with Crippen LogP contribution in [0, 0.1) is 0 Å². The molecule has 0 saturated heterocycles. The summed E-state index contributed by atoms with van der Waals surface area (Å²) in [6, 6.07) is 28.0. The van der Waals surface area contributed by atoms with Crippen LogP contribution in [0.5, 0.6) is 0 Å². The number of rotatable bonds is 4. The molecule has 0 atom stereocenters. The molecule has 0 amide bonds. The molecular weight excluding hydrogens is 587 g/mol. The van der Waals surface area contributed by atoms with Gasteiger partial charge in [0.2, 0.25) is 0 Å². The molecule has 41 heavy (non-hydrogen) atoms. The Hall–Kier alpha value is -4.49. The van der Waals surface area contributed by atoms with E-state index in [4.69, 9.17) is 43.6 Å². The van der Waals surface area contributed by atoms with Gasteiger partial charge in [0.05, 0.1) is 5.02 Å². The van der Waals surface area contributed by atoms with Crippen molar-refractivity contribution in [2.24, 2.45) is 0 Å². The monoisotopic (exact) mass is 602 g/mol. The Balaban J connectivity index is 0.000000165. The molecule has 0 aliphatic rings. The summed E-state index contributed by atoms with van der Waals surface area (Å²) in [4.78, 5) is 48.6. The fourth-order valence-electron chi connectivity index (χ4n) is 4.06. The van der Waals surface area contributed by atoms with Gasteiger partial charge in [0.1, 0.15) is 16.7 Å². The fraction of sp³-hybridized carbons (Fsp3) is 0. The van der Waals surface area contributed by atoms with Crippen LogP contribution in [-0.4, -0.2) is 11.6 Å². The molecule has 0 unspecified atom stereocenters. The van der Waals surface area contributed by atoms with Crippen LogP contribution in [0.4, 0.5) is 0 Å². The summed E-state index contributed by atoms with van der Waals surface area (Å²) < 4.78 is 10.3. The Kier molecular flexibility index (Phi) is 8.17. The highest BCUT2D eigenvalue weighted by Gasteiger charge is 2.17. The number of ketones is 2. The molecule has 4 aromatic carbocycles. The Morgan fingerprint density at radius 1 is 0.537 bits per heavy atom. The summed E-state index contributed by atoms with van der Waals surface area (Å²) in [7, 11) is 0. The minimum Gasteiger partial charge on any atom is -0.422 e. The molecule has 6 nitrogen and oxygen atoms in total. The SMILES string of the molecule is O=C(c1ccccc1)c1cc2cc(Cl)cc(Cl)c2oc1=O.O=C(c1ccccc1)c1cc2cc(Cl)ccc2oc1=O. The first-order valence-electron chi connectivity index (χ1n) is 12.1. The molecule has 2 aromatic heterocycles. The second-order valence-corrected chi connectivity index (χ2v) is 10.1. The normalized spacial score (nSPS) is 10.7. The summed E-state index contributed by atoms with van der Waals surface area (Å²) in [5.74, 6) is -0.761. The van der Waals surface area contributed by atoms with Gasteiger partial charge in [-0.25, -0.2) is 9.59 Å². The van der Waals surface area contributed by atoms with Crippen molar-refractivity contribution in [2.75, 3.05) is 0 Å². The third-order valence-corrected chi connectivity index (χ3v) is 6.74. The maximum absolute atomic E-state index is 12.4. The maximum Gasteiger partial charge on any atom is 0.347 e. The molecule has 0 spiro atoms. The molecule has 0 bridgehead atoms. The summed E-state index contributed by atoms with van der Waals surface area (Å²) >= 11 is 17.8. The van der Waals surface area contributed by atoms with E-state index in [9.17, 15) is 19.2 Å². The lowest BCUT2D eigenvalue weighted by Gasteiger charge is -2.04. The Bertz CT molecular complexity index is 2050. The van der Waals surface area contributed by atoms with Gasteiger partial charge >= 0.3 is 11.3 Å². The van der Waals surface area contributed by atoms with Gasteiger partial charge in [0.25, 0.3) is 0 Å². The van der Waals surface area contributed by atoms with E-state index in [1.54, 1.807) is 84.9 Å².